The molecule has 130 valence electrons. The Morgan fingerprint density at radius 1 is 1.08 bits per heavy atom. The molecule has 3 aromatic rings. The number of nitrogens with zero attached hydrogens (tertiary/aromatic N) is 3. The summed E-state index contributed by atoms with van der Waals surface area (Å²) in [6.45, 7) is 0.934. The fraction of sp³-hybridized carbons (Fsp3) is 0.150. The molecule has 1 N–H and O–H groups in total. The van der Waals surface area contributed by atoms with E-state index in [9.17, 15) is 9.18 Å². The topological polar surface area (TPSA) is 58.1 Å². The summed E-state index contributed by atoms with van der Waals surface area (Å²) in [5.41, 5.74) is 3.02. The lowest BCUT2D eigenvalue weighted by Gasteiger charge is -2.28. The van der Waals surface area contributed by atoms with Gasteiger partial charge in [0.25, 0.3) is 0 Å². The van der Waals surface area contributed by atoms with Gasteiger partial charge >= 0.3 is 6.03 Å². The molecule has 26 heavy (non-hydrogen) atoms. The van der Waals surface area contributed by atoms with Crippen molar-refractivity contribution >= 4 is 11.7 Å². The van der Waals surface area contributed by atoms with Gasteiger partial charge in [-0.25, -0.2) is 19.2 Å². The summed E-state index contributed by atoms with van der Waals surface area (Å²) >= 11 is 0. The smallest absolute Gasteiger partial charge is 0.320 e. The van der Waals surface area contributed by atoms with Crippen LogP contribution in [-0.4, -0.2) is 27.4 Å². The maximum absolute atomic E-state index is 13.7. The fourth-order valence-electron chi connectivity index (χ4n) is 2.97. The minimum Gasteiger partial charge on any atom is -0.320 e. The Hall–Kier alpha value is -3.28. The lowest BCUT2D eigenvalue weighted by molar-refractivity contribution is 0.205. The van der Waals surface area contributed by atoms with Crippen LogP contribution in [0.15, 0.2) is 60.8 Å². The van der Waals surface area contributed by atoms with Crippen molar-refractivity contribution in [3.05, 3.63) is 77.9 Å². The van der Waals surface area contributed by atoms with Gasteiger partial charge in [0.15, 0.2) is 5.82 Å². The third-order valence-corrected chi connectivity index (χ3v) is 4.37. The summed E-state index contributed by atoms with van der Waals surface area (Å²) in [6, 6.07) is 15.6. The van der Waals surface area contributed by atoms with E-state index >= 15 is 0 Å². The molecule has 0 unspecified atom stereocenters. The van der Waals surface area contributed by atoms with Crippen molar-refractivity contribution in [2.45, 2.75) is 13.0 Å². The van der Waals surface area contributed by atoms with Crippen LogP contribution in [0.1, 0.15) is 11.3 Å². The highest BCUT2D eigenvalue weighted by Gasteiger charge is 2.23. The standard InChI is InChI=1S/C20H17FN4O/c21-16-8-4-5-9-18(16)24-20(26)25-11-10-17-15(13-25)12-22-19(23-17)14-6-2-1-3-7-14/h1-9,12H,10-11,13H2,(H,24,26). The molecular weight excluding hydrogens is 331 g/mol. The van der Waals surface area contributed by atoms with Crippen LogP contribution >= 0.6 is 0 Å². The fourth-order valence-corrected chi connectivity index (χ4v) is 2.97. The molecule has 1 aliphatic rings. The number of carbonyl (C=O) groups is 1. The quantitative estimate of drug-likeness (QED) is 0.765. The number of fused-ring (bicyclic) bond motifs is 1. The van der Waals surface area contributed by atoms with Crippen molar-refractivity contribution in [2.75, 3.05) is 11.9 Å². The summed E-state index contributed by atoms with van der Waals surface area (Å²) in [5.74, 6) is 0.239. The molecule has 0 aliphatic carbocycles. The van der Waals surface area contributed by atoms with E-state index in [0.717, 1.165) is 16.8 Å². The Bertz CT molecular complexity index is 946. The molecule has 1 aliphatic heterocycles. The van der Waals surface area contributed by atoms with Crippen molar-refractivity contribution in [2.24, 2.45) is 0 Å². The van der Waals surface area contributed by atoms with Crippen molar-refractivity contribution in [1.29, 1.82) is 0 Å². The molecule has 0 radical (unpaired) electrons. The van der Waals surface area contributed by atoms with Gasteiger partial charge in [-0.15, -0.1) is 0 Å². The van der Waals surface area contributed by atoms with E-state index in [-0.39, 0.29) is 11.7 Å². The molecule has 0 atom stereocenters. The number of para-hydroxylation sites is 1. The minimum absolute atomic E-state index is 0.180. The second-order valence-corrected chi connectivity index (χ2v) is 6.11. The van der Waals surface area contributed by atoms with Gasteiger partial charge in [-0.2, -0.15) is 0 Å². The van der Waals surface area contributed by atoms with E-state index < -0.39 is 5.82 Å². The Morgan fingerprint density at radius 2 is 1.85 bits per heavy atom. The molecule has 2 heterocycles. The molecule has 5 nitrogen and oxygen atoms in total. The van der Waals surface area contributed by atoms with Crippen LogP contribution in [0.5, 0.6) is 0 Å². The van der Waals surface area contributed by atoms with Crippen molar-refractivity contribution < 1.29 is 9.18 Å². The van der Waals surface area contributed by atoms with E-state index in [0.29, 0.717) is 25.3 Å². The van der Waals surface area contributed by atoms with Crippen LogP contribution in [0.3, 0.4) is 0 Å². The molecule has 0 saturated carbocycles. The van der Waals surface area contributed by atoms with Gasteiger partial charge in [0, 0.05) is 30.3 Å². The highest BCUT2D eigenvalue weighted by Crippen LogP contribution is 2.22. The number of hydrogen-bond acceptors (Lipinski definition) is 3. The average molecular weight is 348 g/mol. The first-order valence-electron chi connectivity index (χ1n) is 8.41. The summed E-state index contributed by atoms with van der Waals surface area (Å²) in [5, 5.41) is 2.62. The average Bonchev–Trinajstić information content (AvgIpc) is 2.69. The Kier molecular flexibility index (Phi) is 4.31. The van der Waals surface area contributed by atoms with Crippen LogP contribution in [0.2, 0.25) is 0 Å². The van der Waals surface area contributed by atoms with E-state index in [1.807, 2.05) is 30.3 Å². The predicted octanol–water partition coefficient (Wildman–Crippen LogP) is 3.87. The molecule has 2 aromatic carbocycles. The molecule has 1 aromatic heterocycles. The lowest BCUT2D eigenvalue weighted by Crippen LogP contribution is -2.39. The zero-order valence-electron chi connectivity index (χ0n) is 14.0. The van der Waals surface area contributed by atoms with Gasteiger partial charge in [0.05, 0.1) is 17.9 Å². The third-order valence-electron chi connectivity index (χ3n) is 4.37. The monoisotopic (exact) mass is 348 g/mol. The first kappa shape index (κ1) is 16.2. The summed E-state index contributed by atoms with van der Waals surface area (Å²) in [6.07, 6.45) is 2.41. The van der Waals surface area contributed by atoms with Crippen molar-refractivity contribution in [3.63, 3.8) is 0 Å². The second kappa shape index (κ2) is 6.92. The zero-order chi connectivity index (χ0) is 17.9. The molecule has 2 amide bonds. The lowest BCUT2D eigenvalue weighted by atomic mass is 10.1. The zero-order valence-corrected chi connectivity index (χ0v) is 14.0. The van der Waals surface area contributed by atoms with Gasteiger partial charge < -0.3 is 10.2 Å². The van der Waals surface area contributed by atoms with Crippen LogP contribution in [0, 0.1) is 5.82 Å². The second-order valence-electron chi connectivity index (χ2n) is 6.11. The minimum atomic E-state index is -0.450. The number of urea groups is 1. The van der Waals surface area contributed by atoms with E-state index in [2.05, 4.69) is 15.3 Å². The molecule has 6 heteroatoms. The number of rotatable bonds is 2. The maximum atomic E-state index is 13.7. The van der Waals surface area contributed by atoms with Gasteiger partial charge in [-0.3, -0.25) is 0 Å². The van der Waals surface area contributed by atoms with E-state index in [1.165, 1.54) is 6.07 Å². The summed E-state index contributed by atoms with van der Waals surface area (Å²) in [7, 11) is 0. The largest absolute Gasteiger partial charge is 0.322 e. The number of nitrogens with one attached hydrogen (secondary N) is 1. The van der Waals surface area contributed by atoms with Crippen LogP contribution in [0.4, 0.5) is 14.9 Å². The van der Waals surface area contributed by atoms with Gasteiger partial charge in [-0.05, 0) is 12.1 Å². The van der Waals surface area contributed by atoms with Crippen molar-refractivity contribution in [1.82, 2.24) is 14.9 Å². The van der Waals surface area contributed by atoms with E-state index in [4.69, 9.17) is 0 Å². The van der Waals surface area contributed by atoms with Gasteiger partial charge in [-0.1, -0.05) is 42.5 Å². The summed E-state index contributed by atoms with van der Waals surface area (Å²) in [4.78, 5) is 23.1. The Balaban J connectivity index is 1.50. The predicted molar refractivity (Wildman–Crippen MR) is 97.0 cm³/mol. The molecule has 0 bridgehead atoms. The Morgan fingerprint density at radius 3 is 2.65 bits per heavy atom. The number of benzene rings is 2. The van der Waals surface area contributed by atoms with Gasteiger partial charge in [0.2, 0.25) is 0 Å². The number of carbonyl (C=O) groups excluding carboxylic acids is 1. The van der Waals surface area contributed by atoms with Crippen LogP contribution in [-0.2, 0) is 13.0 Å². The third kappa shape index (κ3) is 3.26. The number of halogens is 1. The number of hydrogen-bond donors (Lipinski definition) is 1. The Labute approximate surface area is 150 Å². The molecule has 0 saturated heterocycles. The highest BCUT2D eigenvalue weighted by molar-refractivity contribution is 5.89. The SMILES string of the molecule is O=C(Nc1ccccc1F)N1CCc2nc(-c3ccccc3)ncc2C1. The normalized spacial score (nSPS) is 13.2. The van der Waals surface area contributed by atoms with E-state index in [1.54, 1.807) is 29.3 Å². The summed E-state index contributed by atoms with van der Waals surface area (Å²) < 4.78 is 13.7. The van der Waals surface area contributed by atoms with Crippen molar-refractivity contribution in [3.8, 4) is 11.4 Å². The number of aromatic nitrogens is 2. The first-order valence-corrected chi connectivity index (χ1v) is 8.41. The first-order chi connectivity index (χ1) is 12.7. The number of amides is 2. The maximum Gasteiger partial charge on any atom is 0.322 e. The highest BCUT2D eigenvalue weighted by atomic mass is 19.1. The van der Waals surface area contributed by atoms with Gasteiger partial charge in [0.1, 0.15) is 5.82 Å². The molecule has 0 spiro atoms. The number of anilines is 1. The molecule has 0 fully saturated rings. The van der Waals surface area contributed by atoms with Crippen LogP contribution in [0.25, 0.3) is 11.4 Å². The molecular formula is C20H17FN4O. The van der Waals surface area contributed by atoms with Crippen LogP contribution < -0.4 is 5.32 Å². The molecule has 4 rings (SSSR count).